The smallest absolute Gasteiger partial charge is 0.167 e. The van der Waals surface area contributed by atoms with Gasteiger partial charge in [0.15, 0.2) is 5.82 Å². The molecule has 0 radical (unpaired) electrons. The molecule has 0 bridgehead atoms. The van der Waals surface area contributed by atoms with Crippen molar-refractivity contribution in [2.24, 2.45) is 5.10 Å². The van der Waals surface area contributed by atoms with Crippen LogP contribution in [0.1, 0.15) is 4.88 Å². The number of benzene rings is 1. The summed E-state index contributed by atoms with van der Waals surface area (Å²) in [5, 5.41) is 8.12. The molecule has 2 aromatic heterocycles. The first-order valence-electron chi connectivity index (χ1n) is 5.96. The molecule has 3 aromatic rings. The summed E-state index contributed by atoms with van der Waals surface area (Å²) < 4.78 is 1.07. The molecule has 0 aliphatic heterocycles. The van der Waals surface area contributed by atoms with Gasteiger partial charge in [-0.3, -0.25) is 4.98 Å². The Bertz CT molecular complexity index is 768. The van der Waals surface area contributed by atoms with Gasteiger partial charge in [0.05, 0.1) is 23.4 Å². The van der Waals surface area contributed by atoms with Crippen molar-refractivity contribution < 1.29 is 0 Å². The molecular formula is C14H11BrN4S. The number of hydrogen-bond donors (Lipinski definition) is 0. The quantitative estimate of drug-likeness (QED) is 0.533. The van der Waals surface area contributed by atoms with E-state index in [9.17, 15) is 0 Å². The summed E-state index contributed by atoms with van der Waals surface area (Å²) in [7, 11) is 1.86. The van der Waals surface area contributed by atoms with Crippen LogP contribution in [0, 0.1) is 0 Å². The monoisotopic (exact) mass is 346 g/mol. The average Bonchev–Trinajstić information content (AvgIpc) is 2.90. The van der Waals surface area contributed by atoms with E-state index < -0.39 is 0 Å². The van der Waals surface area contributed by atoms with Crippen molar-refractivity contribution in [2.75, 3.05) is 12.1 Å². The number of hydrazone groups is 1. The van der Waals surface area contributed by atoms with Crippen molar-refractivity contribution in [3.8, 4) is 0 Å². The Balaban J connectivity index is 1.84. The molecule has 0 N–H and O–H groups in total. The minimum Gasteiger partial charge on any atom is -0.251 e. The van der Waals surface area contributed by atoms with E-state index in [4.69, 9.17) is 0 Å². The van der Waals surface area contributed by atoms with Gasteiger partial charge in [-0.25, -0.2) is 9.99 Å². The maximum Gasteiger partial charge on any atom is 0.167 e. The maximum absolute atomic E-state index is 4.54. The third-order valence-corrected chi connectivity index (χ3v) is 4.34. The Labute approximate surface area is 128 Å². The lowest BCUT2D eigenvalue weighted by molar-refractivity contribution is 0.982. The highest BCUT2D eigenvalue weighted by Crippen LogP contribution is 2.19. The van der Waals surface area contributed by atoms with Gasteiger partial charge in [0.1, 0.15) is 0 Å². The number of rotatable bonds is 3. The molecule has 0 amide bonds. The third-order valence-electron chi connectivity index (χ3n) is 2.71. The van der Waals surface area contributed by atoms with Gasteiger partial charge in [0.2, 0.25) is 0 Å². The standard InChI is InChI=1S/C14H11BrN4S/c1-19(17-7-11-6-10(15)9-20-11)14-8-16-12-4-2-3-5-13(12)18-14/h2-9H,1H3. The molecular weight excluding hydrogens is 336 g/mol. The molecule has 3 rings (SSSR count). The first kappa shape index (κ1) is 13.2. The Hall–Kier alpha value is -1.79. The first-order chi connectivity index (χ1) is 9.72. The minimum atomic E-state index is 0.718. The van der Waals surface area contributed by atoms with E-state index in [0.717, 1.165) is 26.2 Å². The predicted molar refractivity (Wildman–Crippen MR) is 87.6 cm³/mol. The summed E-state index contributed by atoms with van der Waals surface area (Å²) in [5.41, 5.74) is 1.75. The fourth-order valence-electron chi connectivity index (χ4n) is 1.70. The summed E-state index contributed by atoms with van der Waals surface area (Å²) in [6.07, 6.45) is 3.54. The zero-order valence-corrected chi connectivity index (χ0v) is 13.1. The number of aromatic nitrogens is 2. The number of thiophene rings is 1. The lowest BCUT2D eigenvalue weighted by Gasteiger charge is -2.11. The van der Waals surface area contributed by atoms with E-state index in [0.29, 0.717) is 0 Å². The van der Waals surface area contributed by atoms with Crippen molar-refractivity contribution >= 4 is 50.3 Å². The summed E-state index contributed by atoms with van der Waals surface area (Å²) in [5.74, 6) is 0.718. The summed E-state index contributed by atoms with van der Waals surface area (Å²) >= 11 is 5.05. The topological polar surface area (TPSA) is 41.4 Å². The van der Waals surface area contributed by atoms with Crippen molar-refractivity contribution in [1.29, 1.82) is 0 Å². The Morgan fingerprint density at radius 3 is 2.85 bits per heavy atom. The molecule has 1 aromatic carbocycles. The van der Waals surface area contributed by atoms with Gasteiger partial charge in [-0.2, -0.15) is 5.10 Å². The van der Waals surface area contributed by atoms with Crippen LogP contribution >= 0.6 is 27.3 Å². The molecule has 0 aliphatic rings. The zero-order chi connectivity index (χ0) is 13.9. The van der Waals surface area contributed by atoms with E-state index >= 15 is 0 Å². The van der Waals surface area contributed by atoms with Crippen molar-refractivity contribution in [3.63, 3.8) is 0 Å². The Morgan fingerprint density at radius 2 is 2.10 bits per heavy atom. The van der Waals surface area contributed by atoms with E-state index in [2.05, 4.69) is 31.0 Å². The molecule has 0 aliphatic carbocycles. The highest BCUT2D eigenvalue weighted by Gasteiger charge is 2.03. The molecule has 20 heavy (non-hydrogen) atoms. The fraction of sp³-hybridized carbons (Fsp3) is 0.0714. The second kappa shape index (κ2) is 5.68. The van der Waals surface area contributed by atoms with Gasteiger partial charge < -0.3 is 0 Å². The lowest BCUT2D eigenvalue weighted by atomic mass is 10.3. The lowest BCUT2D eigenvalue weighted by Crippen LogP contribution is -2.11. The van der Waals surface area contributed by atoms with Crippen LogP contribution in [0.15, 0.2) is 51.5 Å². The number of anilines is 1. The van der Waals surface area contributed by atoms with Crippen LogP contribution in [-0.4, -0.2) is 23.2 Å². The minimum absolute atomic E-state index is 0.718. The van der Waals surface area contributed by atoms with Crippen LogP contribution < -0.4 is 5.01 Å². The van der Waals surface area contributed by atoms with Gasteiger partial charge >= 0.3 is 0 Å². The second-order valence-corrected chi connectivity index (χ2v) is 6.01. The average molecular weight is 347 g/mol. The molecule has 6 heteroatoms. The molecule has 0 saturated carbocycles. The van der Waals surface area contributed by atoms with Crippen molar-refractivity contribution in [3.05, 3.63) is 51.3 Å². The molecule has 0 fully saturated rings. The molecule has 0 atom stereocenters. The first-order valence-corrected chi connectivity index (χ1v) is 7.63. The molecule has 2 heterocycles. The van der Waals surface area contributed by atoms with Crippen LogP contribution in [0.2, 0.25) is 0 Å². The van der Waals surface area contributed by atoms with Crippen molar-refractivity contribution in [2.45, 2.75) is 0 Å². The number of hydrogen-bond acceptors (Lipinski definition) is 5. The van der Waals surface area contributed by atoms with Crippen LogP contribution in [0.3, 0.4) is 0 Å². The summed E-state index contributed by atoms with van der Waals surface area (Å²) in [4.78, 5) is 10.00. The van der Waals surface area contributed by atoms with Crippen molar-refractivity contribution in [1.82, 2.24) is 9.97 Å². The maximum atomic E-state index is 4.54. The highest BCUT2D eigenvalue weighted by molar-refractivity contribution is 9.10. The van der Waals surface area contributed by atoms with Gasteiger partial charge in [0, 0.05) is 21.8 Å². The van der Waals surface area contributed by atoms with E-state index in [1.807, 2.05) is 49.0 Å². The van der Waals surface area contributed by atoms with Crippen LogP contribution in [-0.2, 0) is 0 Å². The number of halogens is 1. The number of fused-ring (bicyclic) bond motifs is 1. The molecule has 0 saturated heterocycles. The normalized spacial score (nSPS) is 11.3. The Kier molecular flexibility index (Phi) is 3.75. The van der Waals surface area contributed by atoms with E-state index in [1.54, 1.807) is 22.5 Å². The largest absolute Gasteiger partial charge is 0.251 e. The molecule has 0 unspecified atom stereocenters. The van der Waals surface area contributed by atoms with Gasteiger partial charge in [-0.05, 0) is 34.1 Å². The van der Waals surface area contributed by atoms with Gasteiger partial charge in [0.25, 0.3) is 0 Å². The zero-order valence-electron chi connectivity index (χ0n) is 10.7. The number of nitrogens with zero attached hydrogens (tertiary/aromatic N) is 4. The molecule has 4 nitrogen and oxygen atoms in total. The van der Waals surface area contributed by atoms with Gasteiger partial charge in [-0.1, -0.05) is 12.1 Å². The van der Waals surface area contributed by atoms with Crippen LogP contribution in [0.25, 0.3) is 11.0 Å². The molecule has 0 spiro atoms. The summed E-state index contributed by atoms with van der Waals surface area (Å²) in [6.45, 7) is 0. The fourth-order valence-corrected chi connectivity index (χ4v) is 3.00. The van der Waals surface area contributed by atoms with Crippen LogP contribution in [0.5, 0.6) is 0 Å². The number of para-hydroxylation sites is 2. The second-order valence-electron chi connectivity index (χ2n) is 4.15. The molecule has 100 valence electrons. The van der Waals surface area contributed by atoms with E-state index in [1.165, 1.54) is 0 Å². The SMILES string of the molecule is CN(N=Cc1cc(Br)cs1)c1cnc2ccccc2n1. The third kappa shape index (κ3) is 2.86. The predicted octanol–water partition coefficient (Wildman–Crippen LogP) is 3.92. The summed E-state index contributed by atoms with van der Waals surface area (Å²) in [6, 6.07) is 9.81. The van der Waals surface area contributed by atoms with Gasteiger partial charge in [-0.15, -0.1) is 11.3 Å². The van der Waals surface area contributed by atoms with Crippen LogP contribution in [0.4, 0.5) is 5.82 Å². The van der Waals surface area contributed by atoms with E-state index in [-0.39, 0.29) is 0 Å². The Morgan fingerprint density at radius 1 is 1.30 bits per heavy atom. The highest BCUT2D eigenvalue weighted by atomic mass is 79.9.